The third kappa shape index (κ3) is 36.0. The van der Waals surface area contributed by atoms with Crippen molar-refractivity contribution < 1.29 is 19.4 Å². The molecule has 0 fully saturated rings. The highest BCUT2D eigenvalue weighted by Gasteiger charge is 2.13. The van der Waals surface area contributed by atoms with Gasteiger partial charge in [0.05, 0.1) is 0 Å². The zero-order chi connectivity index (χ0) is 32.9. The predicted octanol–water partition coefficient (Wildman–Crippen LogP) is 12.9. The van der Waals surface area contributed by atoms with Crippen LogP contribution >= 0.6 is 0 Å². The van der Waals surface area contributed by atoms with Gasteiger partial charge in [-0.2, -0.15) is 0 Å². The number of hydrogen-bond acceptors (Lipinski definition) is 3. The van der Waals surface area contributed by atoms with E-state index in [1.807, 2.05) is 0 Å². The quantitative estimate of drug-likeness (QED) is 0.0447. The largest absolute Gasteiger partial charge is 0.481 e. The summed E-state index contributed by atoms with van der Waals surface area (Å²) in [6.07, 6.45) is 50.1. The summed E-state index contributed by atoms with van der Waals surface area (Å²) < 4.78 is 5.84. The van der Waals surface area contributed by atoms with E-state index in [1.54, 1.807) is 0 Å². The zero-order valence-corrected chi connectivity index (χ0v) is 29.4. The summed E-state index contributed by atoms with van der Waals surface area (Å²) >= 11 is 0. The monoisotopic (exact) mass is 627 g/mol. The van der Waals surface area contributed by atoms with Crippen molar-refractivity contribution >= 4 is 11.9 Å². The smallest absolute Gasteiger partial charge is 0.306 e. The Morgan fingerprint density at radius 1 is 0.511 bits per heavy atom. The molecule has 0 saturated heterocycles. The van der Waals surface area contributed by atoms with Crippen LogP contribution in [0.25, 0.3) is 0 Å². The molecular formula is C41H70O4. The van der Waals surface area contributed by atoms with Gasteiger partial charge in [0, 0.05) is 12.8 Å². The number of carboxylic acids is 1. The van der Waals surface area contributed by atoms with E-state index in [0.29, 0.717) is 12.8 Å². The third-order valence-corrected chi connectivity index (χ3v) is 7.98. The van der Waals surface area contributed by atoms with Crippen LogP contribution in [-0.2, 0) is 14.3 Å². The van der Waals surface area contributed by atoms with Crippen LogP contribution < -0.4 is 0 Å². The highest BCUT2D eigenvalue weighted by Crippen LogP contribution is 2.17. The average Bonchev–Trinajstić information content (AvgIpc) is 3.02. The number of allylic oxidation sites excluding steroid dienone is 10. The molecule has 258 valence electrons. The molecule has 0 aliphatic carbocycles. The van der Waals surface area contributed by atoms with Gasteiger partial charge in [-0.1, -0.05) is 152 Å². The number of carbonyl (C=O) groups excluding carboxylic acids is 1. The van der Waals surface area contributed by atoms with E-state index in [2.05, 4.69) is 74.6 Å². The molecule has 0 aliphatic rings. The Morgan fingerprint density at radius 3 is 1.42 bits per heavy atom. The van der Waals surface area contributed by atoms with Crippen LogP contribution in [0.2, 0.25) is 0 Å². The standard InChI is InChI=1S/C41H70O4/c1-3-5-6-7-8-9-10-11-12-13-14-15-16-17-18-19-20-25-28-31-34-38-41(44)45-39(35-4-2)36-32-29-26-23-21-22-24-27-30-33-37-40(42)43/h5-6,8-9,11-12,14-15,17-18,39H,3-4,7,10,13,16,19-38H2,1-2H3,(H,42,43)/b6-5-,9-8-,12-11-,15-14-,18-17-. The molecule has 0 saturated carbocycles. The Bertz CT molecular complexity index is 804. The number of unbranched alkanes of at least 4 members (excludes halogenated alkanes) is 14. The van der Waals surface area contributed by atoms with Crippen molar-refractivity contribution in [3.8, 4) is 0 Å². The van der Waals surface area contributed by atoms with E-state index in [0.717, 1.165) is 96.3 Å². The van der Waals surface area contributed by atoms with Crippen LogP contribution in [0, 0.1) is 0 Å². The van der Waals surface area contributed by atoms with E-state index in [-0.39, 0.29) is 12.1 Å². The second-order valence-electron chi connectivity index (χ2n) is 12.4. The molecule has 1 atom stereocenters. The molecule has 0 aromatic carbocycles. The van der Waals surface area contributed by atoms with Gasteiger partial charge in [-0.15, -0.1) is 0 Å². The zero-order valence-electron chi connectivity index (χ0n) is 29.4. The van der Waals surface area contributed by atoms with Gasteiger partial charge >= 0.3 is 11.9 Å². The summed E-state index contributed by atoms with van der Waals surface area (Å²) in [6.45, 7) is 4.33. The van der Waals surface area contributed by atoms with Crippen molar-refractivity contribution in [2.75, 3.05) is 0 Å². The molecule has 0 aromatic heterocycles. The van der Waals surface area contributed by atoms with E-state index >= 15 is 0 Å². The van der Waals surface area contributed by atoms with Crippen LogP contribution in [0.5, 0.6) is 0 Å². The van der Waals surface area contributed by atoms with Gasteiger partial charge in [-0.25, -0.2) is 0 Å². The average molecular weight is 627 g/mol. The van der Waals surface area contributed by atoms with Gasteiger partial charge in [0.1, 0.15) is 6.10 Å². The molecule has 4 heteroatoms. The highest BCUT2D eigenvalue weighted by molar-refractivity contribution is 5.69. The van der Waals surface area contributed by atoms with Gasteiger partial charge in [-0.05, 0) is 77.0 Å². The van der Waals surface area contributed by atoms with Crippen molar-refractivity contribution in [2.24, 2.45) is 0 Å². The van der Waals surface area contributed by atoms with Gasteiger partial charge in [-0.3, -0.25) is 9.59 Å². The first-order chi connectivity index (χ1) is 22.1. The van der Waals surface area contributed by atoms with Gasteiger partial charge in [0.25, 0.3) is 0 Å². The summed E-state index contributed by atoms with van der Waals surface area (Å²) in [5.74, 6) is -0.684. The fraction of sp³-hybridized carbons (Fsp3) is 0.707. The second kappa shape index (κ2) is 36.1. The lowest BCUT2D eigenvalue weighted by molar-refractivity contribution is -0.150. The number of ether oxygens (including phenoxy) is 1. The Labute approximate surface area is 278 Å². The Kier molecular flexibility index (Phi) is 34.2. The van der Waals surface area contributed by atoms with E-state index in [4.69, 9.17) is 9.84 Å². The van der Waals surface area contributed by atoms with Crippen LogP contribution in [0.1, 0.15) is 181 Å². The predicted molar refractivity (Wildman–Crippen MR) is 195 cm³/mol. The van der Waals surface area contributed by atoms with Crippen molar-refractivity contribution in [2.45, 2.75) is 187 Å². The molecule has 0 aromatic rings. The van der Waals surface area contributed by atoms with Crippen molar-refractivity contribution in [3.05, 3.63) is 60.8 Å². The molecule has 4 nitrogen and oxygen atoms in total. The van der Waals surface area contributed by atoms with Gasteiger partial charge in [0.15, 0.2) is 0 Å². The van der Waals surface area contributed by atoms with Crippen LogP contribution in [0.3, 0.4) is 0 Å². The maximum absolute atomic E-state index is 12.4. The molecule has 45 heavy (non-hydrogen) atoms. The summed E-state index contributed by atoms with van der Waals surface area (Å²) in [6, 6.07) is 0. The van der Waals surface area contributed by atoms with Crippen LogP contribution in [-0.4, -0.2) is 23.1 Å². The normalized spacial score (nSPS) is 12.9. The number of carboxylic acid groups (broad SMARTS) is 1. The maximum atomic E-state index is 12.4. The van der Waals surface area contributed by atoms with E-state index in [9.17, 15) is 9.59 Å². The van der Waals surface area contributed by atoms with Crippen LogP contribution in [0.4, 0.5) is 0 Å². The molecule has 1 unspecified atom stereocenters. The number of rotatable bonds is 33. The fourth-order valence-electron chi connectivity index (χ4n) is 5.32. The lowest BCUT2D eigenvalue weighted by atomic mass is 10.0. The summed E-state index contributed by atoms with van der Waals surface area (Å²) in [5, 5.41) is 8.67. The molecule has 0 spiro atoms. The fourth-order valence-corrected chi connectivity index (χ4v) is 5.32. The Balaban J connectivity index is 3.64. The lowest BCUT2D eigenvalue weighted by Gasteiger charge is -2.17. The van der Waals surface area contributed by atoms with Crippen molar-refractivity contribution in [3.63, 3.8) is 0 Å². The summed E-state index contributed by atoms with van der Waals surface area (Å²) in [4.78, 5) is 22.9. The SMILES string of the molecule is CC/C=C\C/C=C\C/C=C\C/C=C\C/C=C\CCCCCCCC(=O)OC(CCC)CCCCCCCCCCCCC(=O)O. The molecule has 0 bridgehead atoms. The van der Waals surface area contributed by atoms with Crippen molar-refractivity contribution in [1.82, 2.24) is 0 Å². The minimum Gasteiger partial charge on any atom is -0.481 e. The molecular weight excluding hydrogens is 556 g/mol. The maximum Gasteiger partial charge on any atom is 0.306 e. The number of carbonyl (C=O) groups is 2. The molecule has 1 N–H and O–H groups in total. The van der Waals surface area contributed by atoms with Gasteiger partial charge < -0.3 is 9.84 Å². The molecule has 0 aliphatic heterocycles. The lowest BCUT2D eigenvalue weighted by Crippen LogP contribution is -2.18. The minimum absolute atomic E-state index is 0.00409. The van der Waals surface area contributed by atoms with Crippen LogP contribution in [0.15, 0.2) is 60.8 Å². The first kappa shape index (κ1) is 42.6. The molecule has 0 rings (SSSR count). The second-order valence-corrected chi connectivity index (χ2v) is 12.4. The summed E-state index contributed by atoms with van der Waals surface area (Å²) in [5.41, 5.74) is 0. The number of hydrogen-bond donors (Lipinski definition) is 1. The number of esters is 1. The first-order valence-corrected chi connectivity index (χ1v) is 18.8. The van der Waals surface area contributed by atoms with Gasteiger partial charge in [0.2, 0.25) is 0 Å². The molecule has 0 heterocycles. The van der Waals surface area contributed by atoms with Crippen molar-refractivity contribution in [1.29, 1.82) is 0 Å². The summed E-state index contributed by atoms with van der Waals surface area (Å²) in [7, 11) is 0. The topological polar surface area (TPSA) is 63.6 Å². The molecule has 0 radical (unpaired) electrons. The first-order valence-electron chi connectivity index (χ1n) is 18.8. The number of aliphatic carboxylic acids is 1. The Morgan fingerprint density at radius 2 is 0.933 bits per heavy atom. The van der Waals surface area contributed by atoms with E-state index < -0.39 is 5.97 Å². The molecule has 0 amide bonds. The highest BCUT2D eigenvalue weighted by atomic mass is 16.5. The van der Waals surface area contributed by atoms with E-state index in [1.165, 1.54) is 57.8 Å². The Hall–Kier alpha value is -2.36. The third-order valence-electron chi connectivity index (χ3n) is 7.98. The minimum atomic E-state index is -0.680.